The first-order chi connectivity index (χ1) is 12.6. The molecule has 0 aliphatic carbocycles. The fourth-order valence-electron chi connectivity index (χ4n) is 3.35. The number of aryl methyl sites for hydroxylation is 3. The summed E-state index contributed by atoms with van der Waals surface area (Å²) in [6.07, 6.45) is 9.93. The van der Waals surface area contributed by atoms with E-state index in [0.717, 1.165) is 47.6 Å². The predicted octanol–water partition coefficient (Wildman–Crippen LogP) is 2.86. The third kappa shape index (κ3) is 2.85. The first-order valence-electron chi connectivity index (χ1n) is 8.72. The molecule has 0 saturated heterocycles. The number of imidazole rings is 1. The molecule has 4 aromatic rings. The molecule has 1 N–H and O–H groups in total. The van der Waals surface area contributed by atoms with Crippen LogP contribution in [-0.2, 0) is 19.6 Å². The number of hydrogen-bond donors (Lipinski definition) is 1. The second kappa shape index (κ2) is 6.67. The van der Waals surface area contributed by atoms with Crippen molar-refractivity contribution in [3.05, 3.63) is 65.9 Å². The van der Waals surface area contributed by atoms with Gasteiger partial charge in [-0.25, -0.2) is 9.97 Å². The molecule has 0 radical (unpaired) electrons. The second-order valence-corrected chi connectivity index (χ2v) is 6.52. The first kappa shape index (κ1) is 16.4. The van der Waals surface area contributed by atoms with Crippen LogP contribution in [0.3, 0.4) is 0 Å². The maximum absolute atomic E-state index is 8.66. The van der Waals surface area contributed by atoms with Crippen LogP contribution in [0.4, 0.5) is 0 Å². The molecular weight excluding hydrogens is 328 g/mol. The number of fused-ring (bicyclic) bond motifs is 1. The molecule has 0 amide bonds. The fraction of sp³-hybridized carbons (Fsp3) is 0.316. The smallest absolute Gasteiger partial charge is 0.146 e. The summed E-state index contributed by atoms with van der Waals surface area (Å²) in [5.74, 6) is 0.885. The number of hydrogen-bond acceptors (Lipinski definition) is 4. The van der Waals surface area contributed by atoms with Gasteiger partial charge in [0.1, 0.15) is 16.9 Å². The van der Waals surface area contributed by atoms with E-state index < -0.39 is 0 Å². The summed E-state index contributed by atoms with van der Waals surface area (Å²) in [5, 5.41) is 9.58. The molecule has 7 heteroatoms. The van der Waals surface area contributed by atoms with Crippen molar-refractivity contribution in [2.24, 2.45) is 0 Å². The summed E-state index contributed by atoms with van der Waals surface area (Å²) < 4.78 is 11.6. The van der Waals surface area contributed by atoms with Gasteiger partial charge < -0.3 is 18.1 Å². The quantitative estimate of drug-likeness (QED) is 0.581. The van der Waals surface area contributed by atoms with Gasteiger partial charge in [0.15, 0.2) is 0 Å². The van der Waals surface area contributed by atoms with E-state index in [1.165, 1.54) is 0 Å². The highest BCUT2D eigenvalue weighted by Gasteiger charge is 2.16. The van der Waals surface area contributed by atoms with Crippen molar-refractivity contribution in [1.29, 1.82) is 5.41 Å². The number of nitrogens with one attached hydrogen (secondary N) is 1. The largest absolute Gasteiger partial charge is 0.467 e. The molecule has 0 atom stereocenters. The molecule has 0 aromatic carbocycles. The van der Waals surface area contributed by atoms with E-state index in [1.54, 1.807) is 18.8 Å². The molecule has 4 aromatic heterocycles. The highest BCUT2D eigenvalue weighted by atomic mass is 16.3. The topological polar surface area (TPSA) is 77.6 Å². The molecule has 0 aliphatic heterocycles. The van der Waals surface area contributed by atoms with E-state index in [2.05, 4.69) is 28.4 Å². The third-order valence-corrected chi connectivity index (χ3v) is 4.91. The van der Waals surface area contributed by atoms with E-state index >= 15 is 0 Å². The van der Waals surface area contributed by atoms with Crippen molar-refractivity contribution in [3.8, 4) is 0 Å². The van der Waals surface area contributed by atoms with Crippen LogP contribution < -0.4 is 5.49 Å². The summed E-state index contributed by atoms with van der Waals surface area (Å²) in [6, 6.07) is 3.85. The third-order valence-electron chi connectivity index (χ3n) is 4.91. The lowest BCUT2D eigenvalue weighted by Gasteiger charge is -2.09. The lowest BCUT2D eigenvalue weighted by Crippen LogP contribution is -2.22. The molecule has 7 nitrogen and oxygen atoms in total. The molecule has 0 fully saturated rings. The van der Waals surface area contributed by atoms with Gasteiger partial charge in [-0.05, 0) is 38.0 Å². The Morgan fingerprint density at radius 1 is 1.19 bits per heavy atom. The molecule has 0 saturated carbocycles. The van der Waals surface area contributed by atoms with Crippen LogP contribution in [0.1, 0.15) is 23.4 Å². The van der Waals surface area contributed by atoms with Gasteiger partial charge in [-0.2, -0.15) is 0 Å². The van der Waals surface area contributed by atoms with Crippen molar-refractivity contribution in [2.75, 3.05) is 0 Å². The first-order valence-corrected chi connectivity index (χ1v) is 8.72. The summed E-state index contributed by atoms with van der Waals surface area (Å²) in [4.78, 5) is 8.72. The van der Waals surface area contributed by atoms with Crippen molar-refractivity contribution in [3.63, 3.8) is 0 Å². The molecular formula is C19H22N6O. The lowest BCUT2D eigenvalue weighted by molar-refractivity contribution is 0.493. The van der Waals surface area contributed by atoms with Gasteiger partial charge in [0.25, 0.3) is 0 Å². The SMILES string of the molecule is Cc1c(C)n(Cc2ccco2)c2ncn(CCCn3ccnc3)c(=N)c12. The summed E-state index contributed by atoms with van der Waals surface area (Å²) in [7, 11) is 0. The van der Waals surface area contributed by atoms with Crippen molar-refractivity contribution in [1.82, 2.24) is 23.7 Å². The minimum absolute atomic E-state index is 0.513. The number of nitrogens with zero attached hydrogens (tertiary/aromatic N) is 5. The van der Waals surface area contributed by atoms with Crippen LogP contribution in [0.15, 0.2) is 47.9 Å². The predicted molar refractivity (Wildman–Crippen MR) is 97.7 cm³/mol. The van der Waals surface area contributed by atoms with E-state index in [1.807, 2.05) is 33.8 Å². The molecule has 0 aliphatic rings. The van der Waals surface area contributed by atoms with Crippen LogP contribution in [-0.4, -0.2) is 23.7 Å². The monoisotopic (exact) mass is 350 g/mol. The molecule has 0 bridgehead atoms. The Bertz CT molecular complexity index is 1070. The number of furan rings is 1. The van der Waals surface area contributed by atoms with Crippen LogP contribution in [0.5, 0.6) is 0 Å². The van der Waals surface area contributed by atoms with E-state index in [9.17, 15) is 0 Å². The van der Waals surface area contributed by atoms with Crippen molar-refractivity contribution in [2.45, 2.75) is 39.9 Å². The van der Waals surface area contributed by atoms with Gasteiger partial charge in [0.2, 0.25) is 0 Å². The zero-order chi connectivity index (χ0) is 18.1. The van der Waals surface area contributed by atoms with Gasteiger partial charge in [0.05, 0.1) is 30.8 Å². The Labute approximate surface area is 151 Å². The Hall–Kier alpha value is -3.09. The van der Waals surface area contributed by atoms with Crippen LogP contribution in [0, 0.1) is 19.3 Å². The average molecular weight is 350 g/mol. The van der Waals surface area contributed by atoms with E-state index in [0.29, 0.717) is 12.0 Å². The normalized spacial score (nSPS) is 11.5. The Balaban J connectivity index is 1.64. The average Bonchev–Trinajstić information content (AvgIpc) is 3.37. The van der Waals surface area contributed by atoms with Crippen molar-refractivity contribution >= 4 is 11.0 Å². The zero-order valence-corrected chi connectivity index (χ0v) is 15.0. The molecule has 0 spiro atoms. The van der Waals surface area contributed by atoms with E-state index in [-0.39, 0.29) is 0 Å². The Kier molecular flexibility index (Phi) is 4.20. The second-order valence-electron chi connectivity index (χ2n) is 6.52. The van der Waals surface area contributed by atoms with Crippen LogP contribution in [0.25, 0.3) is 11.0 Å². The number of aromatic nitrogens is 5. The molecule has 4 rings (SSSR count). The number of rotatable bonds is 6. The van der Waals surface area contributed by atoms with Gasteiger partial charge in [0, 0.05) is 31.2 Å². The molecule has 134 valence electrons. The van der Waals surface area contributed by atoms with E-state index in [4.69, 9.17) is 9.83 Å². The lowest BCUT2D eigenvalue weighted by atomic mass is 10.2. The van der Waals surface area contributed by atoms with Gasteiger partial charge >= 0.3 is 0 Å². The Morgan fingerprint density at radius 2 is 2.08 bits per heavy atom. The highest BCUT2D eigenvalue weighted by molar-refractivity contribution is 5.80. The van der Waals surface area contributed by atoms with Crippen LogP contribution in [0.2, 0.25) is 0 Å². The minimum Gasteiger partial charge on any atom is -0.467 e. The fourth-order valence-corrected chi connectivity index (χ4v) is 3.35. The summed E-state index contributed by atoms with van der Waals surface area (Å²) in [6.45, 7) is 6.39. The van der Waals surface area contributed by atoms with Gasteiger partial charge in [-0.3, -0.25) is 5.41 Å². The van der Waals surface area contributed by atoms with Gasteiger partial charge in [-0.15, -0.1) is 0 Å². The van der Waals surface area contributed by atoms with Crippen molar-refractivity contribution < 1.29 is 4.42 Å². The summed E-state index contributed by atoms with van der Waals surface area (Å²) >= 11 is 0. The van der Waals surface area contributed by atoms with Gasteiger partial charge in [-0.1, -0.05) is 0 Å². The minimum atomic E-state index is 0.513. The molecule has 0 unspecified atom stereocenters. The standard InChI is InChI=1S/C19H22N6O/c1-14-15(2)25(11-16-5-3-10-26-16)19-17(14)18(20)24(13-22-19)8-4-7-23-9-6-21-12-23/h3,5-6,9-10,12-13,20H,4,7-8,11H2,1-2H3. The molecule has 26 heavy (non-hydrogen) atoms. The highest BCUT2D eigenvalue weighted by Crippen LogP contribution is 2.22. The Morgan fingerprint density at radius 3 is 2.81 bits per heavy atom. The van der Waals surface area contributed by atoms with Crippen LogP contribution >= 0.6 is 0 Å². The zero-order valence-electron chi connectivity index (χ0n) is 15.0. The molecule has 4 heterocycles. The summed E-state index contributed by atoms with van der Waals surface area (Å²) in [5.41, 5.74) is 3.58. The maximum Gasteiger partial charge on any atom is 0.146 e. The maximum atomic E-state index is 8.66.